The molecule has 0 aromatic carbocycles. The number of nitrogens with one attached hydrogen (secondary N) is 1. The Bertz CT molecular complexity index is 255. The van der Waals surface area contributed by atoms with E-state index in [-0.39, 0.29) is 5.60 Å². The maximum atomic E-state index is 5.99. The van der Waals surface area contributed by atoms with Gasteiger partial charge in [0.1, 0.15) is 0 Å². The molecule has 16 heavy (non-hydrogen) atoms. The molecule has 0 saturated carbocycles. The van der Waals surface area contributed by atoms with Crippen molar-refractivity contribution in [2.45, 2.75) is 43.7 Å². The monoisotopic (exact) mass is 239 g/mol. The fourth-order valence-corrected chi connectivity index (χ4v) is 3.94. The summed E-state index contributed by atoms with van der Waals surface area (Å²) in [5.74, 6) is 5.14. The van der Waals surface area contributed by atoms with E-state index in [0.29, 0.717) is 6.04 Å². The van der Waals surface area contributed by atoms with E-state index >= 15 is 0 Å². The normalized spacial score (nSPS) is 34.1. The van der Waals surface area contributed by atoms with Crippen molar-refractivity contribution in [2.75, 3.05) is 24.7 Å². The fraction of sp³-hybridized carbons (Fsp3) is 0.846. The number of hydrogen-bond acceptors (Lipinski definition) is 3. The molecule has 2 nitrogen and oxygen atoms in total. The molecule has 2 rings (SSSR count). The first-order chi connectivity index (χ1) is 7.85. The number of unbranched alkanes of at least 4 members (excludes halogenated alkanes) is 1. The summed E-state index contributed by atoms with van der Waals surface area (Å²) in [5, 5.41) is 3.62. The topological polar surface area (TPSA) is 21.3 Å². The summed E-state index contributed by atoms with van der Waals surface area (Å²) in [5.41, 5.74) is 0.201. The lowest BCUT2D eigenvalue weighted by Crippen LogP contribution is -2.47. The fourth-order valence-electron chi connectivity index (χ4n) is 2.56. The lowest BCUT2D eigenvalue weighted by Gasteiger charge is -2.38. The van der Waals surface area contributed by atoms with Crippen LogP contribution in [0.1, 0.15) is 32.1 Å². The van der Waals surface area contributed by atoms with E-state index in [1.165, 1.54) is 24.3 Å². The van der Waals surface area contributed by atoms with Crippen LogP contribution < -0.4 is 5.32 Å². The smallest absolute Gasteiger partial charge is 0.0795 e. The lowest BCUT2D eigenvalue weighted by atomic mass is 9.90. The van der Waals surface area contributed by atoms with Crippen LogP contribution in [0.4, 0.5) is 0 Å². The molecule has 2 heterocycles. The molecule has 1 spiro atoms. The summed E-state index contributed by atoms with van der Waals surface area (Å²) in [6.45, 7) is 1.98. The molecule has 2 atom stereocenters. The molecule has 0 radical (unpaired) electrons. The van der Waals surface area contributed by atoms with Gasteiger partial charge in [-0.25, -0.2) is 0 Å². The quantitative estimate of drug-likeness (QED) is 0.599. The Balaban J connectivity index is 1.72. The van der Waals surface area contributed by atoms with Gasteiger partial charge in [0.05, 0.1) is 5.60 Å². The van der Waals surface area contributed by atoms with Crippen LogP contribution >= 0.6 is 11.8 Å². The highest BCUT2D eigenvalue weighted by molar-refractivity contribution is 7.99. The van der Waals surface area contributed by atoms with Crippen molar-refractivity contribution in [1.29, 1.82) is 0 Å². The van der Waals surface area contributed by atoms with E-state index in [1.54, 1.807) is 0 Å². The van der Waals surface area contributed by atoms with Gasteiger partial charge >= 0.3 is 0 Å². The Morgan fingerprint density at radius 3 is 3.25 bits per heavy atom. The number of rotatable bonds is 4. The molecule has 1 N–H and O–H groups in total. The van der Waals surface area contributed by atoms with Crippen LogP contribution in [0.5, 0.6) is 0 Å². The zero-order valence-electron chi connectivity index (χ0n) is 9.84. The van der Waals surface area contributed by atoms with Crippen molar-refractivity contribution in [3.63, 3.8) is 0 Å². The summed E-state index contributed by atoms with van der Waals surface area (Å²) in [4.78, 5) is 0. The Hall–Kier alpha value is -0.170. The van der Waals surface area contributed by atoms with E-state index in [9.17, 15) is 0 Å². The predicted octanol–water partition coefficient (Wildman–Crippen LogP) is 2.04. The number of terminal acetylenes is 1. The molecule has 3 heteroatoms. The van der Waals surface area contributed by atoms with Crippen molar-refractivity contribution >= 4 is 11.8 Å². The summed E-state index contributed by atoms with van der Waals surface area (Å²) in [6, 6.07) is 0.644. The molecule has 0 aromatic heterocycles. The standard InChI is InChI=1S/C13H21NOS/c1-2-3-4-7-14-12-5-8-15-13(10-12)6-9-16-11-13/h1,12,14H,3-11H2. The Morgan fingerprint density at radius 2 is 2.50 bits per heavy atom. The molecule has 0 amide bonds. The van der Waals surface area contributed by atoms with Gasteiger partial charge in [-0.3, -0.25) is 0 Å². The first kappa shape index (κ1) is 12.3. The highest BCUT2D eigenvalue weighted by Gasteiger charge is 2.40. The lowest BCUT2D eigenvalue weighted by molar-refractivity contribution is -0.0700. The van der Waals surface area contributed by atoms with E-state index in [2.05, 4.69) is 11.2 Å². The third-order valence-electron chi connectivity index (χ3n) is 3.49. The van der Waals surface area contributed by atoms with Gasteiger partial charge in [0, 0.05) is 24.8 Å². The maximum absolute atomic E-state index is 5.99. The highest BCUT2D eigenvalue weighted by Crippen LogP contribution is 2.38. The molecule has 2 aliphatic rings. The molecular weight excluding hydrogens is 218 g/mol. The second-order valence-electron chi connectivity index (χ2n) is 4.79. The SMILES string of the molecule is C#CCCCNC1CCOC2(CCSC2)C1. The largest absolute Gasteiger partial charge is 0.374 e. The first-order valence-corrected chi connectivity index (χ1v) is 7.39. The van der Waals surface area contributed by atoms with Crippen LogP contribution in [0.15, 0.2) is 0 Å². The van der Waals surface area contributed by atoms with Crippen LogP contribution in [0.3, 0.4) is 0 Å². The van der Waals surface area contributed by atoms with Gasteiger partial charge in [-0.15, -0.1) is 12.3 Å². The first-order valence-electron chi connectivity index (χ1n) is 6.23. The average molecular weight is 239 g/mol. The third-order valence-corrected chi connectivity index (χ3v) is 4.71. The van der Waals surface area contributed by atoms with E-state index in [1.807, 2.05) is 11.8 Å². The average Bonchev–Trinajstić information content (AvgIpc) is 2.73. The summed E-state index contributed by atoms with van der Waals surface area (Å²) in [7, 11) is 0. The maximum Gasteiger partial charge on any atom is 0.0795 e. The summed E-state index contributed by atoms with van der Waals surface area (Å²) < 4.78 is 5.99. The third kappa shape index (κ3) is 3.16. The van der Waals surface area contributed by atoms with Crippen molar-refractivity contribution in [3.8, 4) is 12.3 Å². The second-order valence-corrected chi connectivity index (χ2v) is 5.89. The summed E-state index contributed by atoms with van der Waals surface area (Å²) >= 11 is 2.03. The van der Waals surface area contributed by atoms with Crippen molar-refractivity contribution in [2.24, 2.45) is 0 Å². The van der Waals surface area contributed by atoms with Gasteiger partial charge in [-0.05, 0) is 38.0 Å². The van der Waals surface area contributed by atoms with Gasteiger partial charge in [0.2, 0.25) is 0 Å². The molecule has 2 aliphatic heterocycles. The molecule has 0 bridgehead atoms. The second kappa shape index (κ2) is 5.95. The highest BCUT2D eigenvalue weighted by atomic mass is 32.2. The van der Waals surface area contributed by atoms with Gasteiger partial charge in [0.25, 0.3) is 0 Å². The number of hydrogen-bond donors (Lipinski definition) is 1. The van der Waals surface area contributed by atoms with Crippen LogP contribution in [0.25, 0.3) is 0 Å². The number of thioether (sulfide) groups is 1. The Labute approximate surface area is 103 Å². The van der Waals surface area contributed by atoms with Crippen molar-refractivity contribution in [3.05, 3.63) is 0 Å². The molecule has 2 unspecified atom stereocenters. The van der Waals surface area contributed by atoms with Gasteiger partial charge in [0.15, 0.2) is 0 Å². The van der Waals surface area contributed by atoms with Crippen LogP contribution in [0.2, 0.25) is 0 Å². The van der Waals surface area contributed by atoms with E-state index in [4.69, 9.17) is 11.2 Å². The van der Waals surface area contributed by atoms with Crippen molar-refractivity contribution in [1.82, 2.24) is 5.32 Å². The molecule has 0 aromatic rings. The van der Waals surface area contributed by atoms with E-state index < -0.39 is 0 Å². The molecule has 90 valence electrons. The molecule has 2 saturated heterocycles. The molecule has 2 fully saturated rings. The van der Waals surface area contributed by atoms with Crippen LogP contribution in [-0.2, 0) is 4.74 Å². The van der Waals surface area contributed by atoms with Gasteiger partial charge in [-0.2, -0.15) is 11.8 Å². The summed E-state index contributed by atoms with van der Waals surface area (Å²) in [6.07, 6.45) is 10.8. The predicted molar refractivity (Wildman–Crippen MR) is 69.7 cm³/mol. The van der Waals surface area contributed by atoms with Crippen LogP contribution in [-0.4, -0.2) is 36.3 Å². The molecular formula is C13H21NOS. The van der Waals surface area contributed by atoms with Gasteiger partial charge < -0.3 is 10.1 Å². The Morgan fingerprint density at radius 1 is 1.56 bits per heavy atom. The minimum absolute atomic E-state index is 0.201. The zero-order valence-corrected chi connectivity index (χ0v) is 10.7. The van der Waals surface area contributed by atoms with E-state index in [0.717, 1.165) is 32.4 Å². The number of ether oxygens (including phenoxy) is 1. The minimum Gasteiger partial charge on any atom is -0.374 e. The van der Waals surface area contributed by atoms with Crippen LogP contribution in [0, 0.1) is 12.3 Å². The Kier molecular flexibility index (Phi) is 4.57. The zero-order chi connectivity index (χ0) is 11.3. The van der Waals surface area contributed by atoms with Crippen molar-refractivity contribution < 1.29 is 4.74 Å². The molecule has 0 aliphatic carbocycles. The minimum atomic E-state index is 0.201. The van der Waals surface area contributed by atoms with Gasteiger partial charge in [-0.1, -0.05) is 0 Å².